The van der Waals surface area contributed by atoms with Crippen molar-refractivity contribution in [3.05, 3.63) is 0 Å². The van der Waals surface area contributed by atoms with Crippen LogP contribution in [0.3, 0.4) is 0 Å². The second-order valence-electron chi connectivity index (χ2n) is 4.37. The van der Waals surface area contributed by atoms with Crippen molar-refractivity contribution in [1.82, 2.24) is 0 Å². The first kappa shape index (κ1) is 16.4. The summed E-state index contributed by atoms with van der Waals surface area (Å²) in [6.45, 7) is 13.1. The molecule has 0 unspecified atom stereocenters. The van der Waals surface area contributed by atoms with E-state index in [9.17, 15) is 0 Å². The lowest BCUT2D eigenvalue weighted by molar-refractivity contribution is 0.551. The number of hydrogen-bond acceptors (Lipinski definition) is 0. The second-order valence-corrected chi connectivity index (χ2v) is 4.37. The van der Waals surface area contributed by atoms with Gasteiger partial charge in [-0.2, -0.15) is 0 Å². The summed E-state index contributed by atoms with van der Waals surface area (Å²) in [4.78, 5) is 0. The normalized spacial score (nSPS) is 15.9. The zero-order valence-corrected chi connectivity index (χ0v) is 11.4. The molecule has 1 saturated carbocycles. The molecule has 1 aliphatic rings. The van der Waals surface area contributed by atoms with E-state index in [4.69, 9.17) is 0 Å². The maximum absolute atomic E-state index is 2.35. The largest absolute Gasteiger partial charge is 0.0683 e. The van der Waals surface area contributed by atoms with Crippen LogP contribution in [-0.4, -0.2) is 0 Å². The maximum atomic E-state index is 2.35. The van der Waals surface area contributed by atoms with E-state index in [0.717, 1.165) is 5.41 Å². The minimum Gasteiger partial charge on any atom is -0.0683 e. The van der Waals surface area contributed by atoms with Gasteiger partial charge in [0.25, 0.3) is 0 Å². The first-order valence-corrected chi connectivity index (χ1v) is 6.68. The van der Waals surface area contributed by atoms with Gasteiger partial charge in [0.1, 0.15) is 0 Å². The van der Waals surface area contributed by atoms with Crippen LogP contribution in [0.2, 0.25) is 0 Å². The van der Waals surface area contributed by atoms with E-state index < -0.39 is 0 Å². The molecule has 88 valence electrons. The molecule has 0 radical (unpaired) electrons. The van der Waals surface area contributed by atoms with Crippen molar-refractivity contribution in [2.45, 2.75) is 86.5 Å². The van der Waals surface area contributed by atoms with Gasteiger partial charge in [-0.3, -0.25) is 0 Å². The van der Waals surface area contributed by atoms with E-state index in [1.54, 1.807) is 0 Å². The molecule has 0 bridgehead atoms. The summed E-state index contributed by atoms with van der Waals surface area (Å²) in [7, 11) is 0. The SMILES string of the molecule is CC.CCC1(C)CC1.CCCCCC. The summed E-state index contributed by atoms with van der Waals surface area (Å²) < 4.78 is 0. The van der Waals surface area contributed by atoms with Crippen LogP contribution in [-0.2, 0) is 0 Å². The highest BCUT2D eigenvalue weighted by atomic mass is 14.4. The average molecular weight is 200 g/mol. The number of rotatable bonds is 4. The zero-order chi connectivity index (χ0) is 11.4. The van der Waals surface area contributed by atoms with E-state index in [2.05, 4.69) is 27.7 Å². The van der Waals surface area contributed by atoms with Gasteiger partial charge in [0, 0.05) is 0 Å². The van der Waals surface area contributed by atoms with E-state index >= 15 is 0 Å². The summed E-state index contributed by atoms with van der Waals surface area (Å²) in [6.07, 6.45) is 9.87. The van der Waals surface area contributed by atoms with Crippen LogP contribution in [0.5, 0.6) is 0 Å². The minimum atomic E-state index is 0.792. The Hall–Kier alpha value is 0. The third-order valence-corrected chi connectivity index (χ3v) is 2.91. The second kappa shape index (κ2) is 11.1. The summed E-state index contributed by atoms with van der Waals surface area (Å²) in [5.41, 5.74) is 0.792. The molecular formula is C14H32. The van der Waals surface area contributed by atoms with Crippen molar-refractivity contribution in [3.8, 4) is 0 Å². The monoisotopic (exact) mass is 200 g/mol. The number of hydrogen-bond donors (Lipinski definition) is 0. The molecule has 0 N–H and O–H groups in total. The van der Waals surface area contributed by atoms with Crippen LogP contribution in [0, 0.1) is 5.41 Å². The highest BCUT2D eigenvalue weighted by Crippen LogP contribution is 2.47. The highest BCUT2D eigenvalue weighted by molar-refractivity contribution is 4.86. The van der Waals surface area contributed by atoms with Crippen LogP contribution in [0.4, 0.5) is 0 Å². The predicted molar refractivity (Wildman–Crippen MR) is 68.8 cm³/mol. The topological polar surface area (TPSA) is 0 Å². The lowest BCUT2D eigenvalue weighted by Gasteiger charge is -1.96. The predicted octanol–water partition coefficient (Wildman–Crippen LogP) is 5.81. The Balaban J connectivity index is 0. The molecule has 1 fully saturated rings. The van der Waals surface area contributed by atoms with Crippen molar-refractivity contribution in [1.29, 1.82) is 0 Å². The first-order valence-electron chi connectivity index (χ1n) is 6.68. The third kappa shape index (κ3) is 12.0. The lowest BCUT2D eigenvalue weighted by atomic mass is 10.1. The Bertz CT molecular complexity index is 86.2. The van der Waals surface area contributed by atoms with Crippen molar-refractivity contribution < 1.29 is 0 Å². The molecule has 1 aliphatic carbocycles. The van der Waals surface area contributed by atoms with Gasteiger partial charge in [-0.05, 0) is 18.3 Å². The van der Waals surface area contributed by atoms with E-state index in [0.29, 0.717) is 0 Å². The van der Waals surface area contributed by atoms with Gasteiger partial charge in [-0.25, -0.2) is 0 Å². The van der Waals surface area contributed by atoms with Crippen LogP contribution in [0.1, 0.15) is 86.5 Å². The molecule has 0 heteroatoms. The Morgan fingerprint density at radius 3 is 1.29 bits per heavy atom. The van der Waals surface area contributed by atoms with Crippen molar-refractivity contribution in [3.63, 3.8) is 0 Å². The Morgan fingerprint density at radius 1 is 0.857 bits per heavy atom. The van der Waals surface area contributed by atoms with Crippen molar-refractivity contribution in [2.24, 2.45) is 5.41 Å². The van der Waals surface area contributed by atoms with Gasteiger partial charge in [-0.1, -0.05) is 73.6 Å². The number of unbranched alkanes of at least 4 members (excludes halogenated alkanes) is 3. The summed E-state index contributed by atoms with van der Waals surface area (Å²) in [6, 6.07) is 0. The fourth-order valence-electron chi connectivity index (χ4n) is 1.07. The molecular weight excluding hydrogens is 168 g/mol. The summed E-state index contributed by atoms with van der Waals surface area (Å²) in [5, 5.41) is 0. The fraction of sp³-hybridized carbons (Fsp3) is 1.00. The Morgan fingerprint density at radius 2 is 1.21 bits per heavy atom. The molecule has 0 atom stereocenters. The molecule has 0 aromatic heterocycles. The molecule has 0 heterocycles. The van der Waals surface area contributed by atoms with Gasteiger partial charge in [0.05, 0.1) is 0 Å². The minimum absolute atomic E-state index is 0.792. The van der Waals surface area contributed by atoms with Crippen LogP contribution < -0.4 is 0 Å². The summed E-state index contributed by atoms with van der Waals surface area (Å²) in [5.74, 6) is 0. The standard InChI is InChI=1S/C6H12.C6H14.C2H6/c1-3-6(2)4-5-6;1-3-5-6-4-2;1-2/h3-5H2,1-2H3;3-6H2,1-2H3;1-2H3. The van der Waals surface area contributed by atoms with Gasteiger partial charge in [-0.15, -0.1) is 0 Å². The fourth-order valence-corrected chi connectivity index (χ4v) is 1.07. The van der Waals surface area contributed by atoms with Gasteiger partial charge in [0.15, 0.2) is 0 Å². The molecule has 1 rings (SSSR count). The quantitative estimate of drug-likeness (QED) is 0.502. The van der Waals surface area contributed by atoms with Crippen LogP contribution in [0.25, 0.3) is 0 Å². The molecule has 0 aliphatic heterocycles. The highest BCUT2D eigenvalue weighted by Gasteiger charge is 2.34. The van der Waals surface area contributed by atoms with Crippen molar-refractivity contribution >= 4 is 0 Å². The van der Waals surface area contributed by atoms with Gasteiger partial charge < -0.3 is 0 Å². The molecule has 0 amide bonds. The Labute approximate surface area is 92.5 Å². The van der Waals surface area contributed by atoms with E-state index in [1.165, 1.54) is 44.9 Å². The van der Waals surface area contributed by atoms with E-state index in [-0.39, 0.29) is 0 Å². The van der Waals surface area contributed by atoms with Gasteiger partial charge in [0.2, 0.25) is 0 Å². The molecule has 0 nitrogen and oxygen atoms in total. The smallest absolute Gasteiger partial charge is 0.0328 e. The van der Waals surface area contributed by atoms with E-state index in [1.807, 2.05) is 13.8 Å². The average Bonchev–Trinajstić information content (AvgIpc) is 2.98. The molecule has 14 heavy (non-hydrogen) atoms. The maximum Gasteiger partial charge on any atom is -0.0328 e. The lowest BCUT2D eigenvalue weighted by Crippen LogP contribution is -1.84. The first-order chi connectivity index (χ1) is 6.68. The third-order valence-electron chi connectivity index (χ3n) is 2.91. The van der Waals surface area contributed by atoms with Gasteiger partial charge >= 0.3 is 0 Å². The molecule has 0 saturated heterocycles. The molecule has 0 aromatic carbocycles. The van der Waals surface area contributed by atoms with Crippen molar-refractivity contribution in [2.75, 3.05) is 0 Å². The van der Waals surface area contributed by atoms with Crippen LogP contribution in [0.15, 0.2) is 0 Å². The molecule has 0 aromatic rings. The summed E-state index contributed by atoms with van der Waals surface area (Å²) >= 11 is 0. The zero-order valence-electron chi connectivity index (χ0n) is 11.4. The Kier molecular flexibility index (Phi) is 13.0. The van der Waals surface area contributed by atoms with Crippen LogP contribution >= 0.6 is 0 Å². The molecule has 0 spiro atoms.